The average Bonchev–Trinajstić information content (AvgIpc) is 2.46. The van der Waals surface area contributed by atoms with Crippen LogP contribution in [0.15, 0.2) is 41.6 Å². The Balaban J connectivity index is 1.89. The van der Waals surface area contributed by atoms with Crippen molar-refractivity contribution in [1.29, 1.82) is 0 Å². The maximum atomic E-state index is 8.50. The Morgan fingerprint density at radius 1 is 1.00 bits per heavy atom. The van der Waals surface area contributed by atoms with Crippen LogP contribution in [-0.4, -0.2) is 24.6 Å². The lowest BCUT2D eigenvalue weighted by molar-refractivity contribution is 0.217. The Hall–Kier alpha value is -1.62. The lowest BCUT2D eigenvalue weighted by Crippen LogP contribution is -2.09. The second kappa shape index (κ2) is 8.13. The first-order valence-corrected chi connectivity index (χ1v) is 7.41. The molecular weight excluding hydrogens is 349 g/mol. The third-order valence-corrected chi connectivity index (χ3v) is 3.41. The van der Waals surface area contributed by atoms with Gasteiger partial charge in [-0.15, -0.1) is 0 Å². The number of rotatable bonds is 6. The molecule has 0 aliphatic heterocycles. The summed E-state index contributed by atoms with van der Waals surface area (Å²) in [5.41, 5.74) is 0.727. The molecular formula is C15H12Cl3NO3. The van der Waals surface area contributed by atoms with Gasteiger partial charge in [-0.25, -0.2) is 0 Å². The van der Waals surface area contributed by atoms with Gasteiger partial charge in [-0.1, -0.05) is 52.1 Å². The van der Waals surface area contributed by atoms with E-state index in [-0.39, 0.29) is 6.61 Å². The molecule has 0 spiro atoms. The molecule has 0 aliphatic rings. The summed E-state index contributed by atoms with van der Waals surface area (Å²) in [4.78, 5) is 0. The van der Waals surface area contributed by atoms with Crippen LogP contribution in [0.2, 0.25) is 15.1 Å². The van der Waals surface area contributed by atoms with E-state index >= 15 is 0 Å². The van der Waals surface area contributed by atoms with Gasteiger partial charge in [0.25, 0.3) is 0 Å². The van der Waals surface area contributed by atoms with E-state index < -0.39 is 0 Å². The molecule has 116 valence electrons. The van der Waals surface area contributed by atoms with Gasteiger partial charge in [0.05, 0.1) is 16.3 Å². The molecule has 0 aromatic heterocycles. The summed E-state index contributed by atoms with van der Waals surface area (Å²) in [7, 11) is 0. The van der Waals surface area contributed by atoms with Gasteiger partial charge in [0.2, 0.25) is 0 Å². The predicted octanol–water partition coefficient (Wildman–Crippen LogP) is 4.91. The molecule has 22 heavy (non-hydrogen) atoms. The van der Waals surface area contributed by atoms with Crippen molar-refractivity contribution in [2.24, 2.45) is 5.16 Å². The normalized spacial score (nSPS) is 10.9. The van der Waals surface area contributed by atoms with E-state index in [9.17, 15) is 0 Å². The lowest BCUT2D eigenvalue weighted by atomic mass is 10.2. The summed E-state index contributed by atoms with van der Waals surface area (Å²) in [6, 6.07) is 10.2. The highest BCUT2D eigenvalue weighted by molar-refractivity contribution is 6.40. The molecule has 0 fully saturated rings. The van der Waals surface area contributed by atoms with Crippen LogP contribution in [-0.2, 0) is 0 Å². The van der Waals surface area contributed by atoms with Crippen molar-refractivity contribution in [3.63, 3.8) is 0 Å². The average molecular weight is 361 g/mol. The topological polar surface area (TPSA) is 51.1 Å². The molecule has 2 aromatic carbocycles. The smallest absolute Gasteiger partial charge is 0.156 e. The monoisotopic (exact) mass is 359 g/mol. The molecule has 4 nitrogen and oxygen atoms in total. The van der Waals surface area contributed by atoms with Gasteiger partial charge in [0, 0.05) is 5.02 Å². The molecule has 2 rings (SSSR count). The van der Waals surface area contributed by atoms with E-state index in [0.29, 0.717) is 33.2 Å². The summed E-state index contributed by atoms with van der Waals surface area (Å²) in [5.74, 6) is 1.01. The Kier molecular flexibility index (Phi) is 6.19. The van der Waals surface area contributed by atoms with E-state index in [1.807, 2.05) is 0 Å². The van der Waals surface area contributed by atoms with Crippen molar-refractivity contribution in [2.45, 2.75) is 0 Å². The highest BCUT2D eigenvalue weighted by Crippen LogP contribution is 2.35. The van der Waals surface area contributed by atoms with Crippen molar-refractivity contribution < 1.29 is 14.7 Å². The summed E-state index contributed by atoms with van der Waals surface area (Å²) in [6.45, 7) is 0.564. The highest BCUT2D eigenvalue weighted by Gasteiger charge is 2.09. The summed E-state index contributed by atoms with van der Waals surface area (Å²) >= 11 is 17.9. The fourth-order valence-electron chi connectivity index (χ4n) is 1.72. The first-order valence-electron chi connectivity index (χ1n) is 6.28. The van der Waals surface area contributed by atoms with E-state index in [2.05, 4.69) is 5.16 Å². The minimum Gasteiger partial charge on any atom is -0.490 e. The van der Waals surface area contributed by atoms with E-state index in [0.717, 1.165) is 5.56 Å². The van der Waals surface area contributed by atoms with Crippen LogP contribution in [0.5, 0.6) is 11.5 Å². The zero-order valence-corrected chi connectivity index (χ0v) is 13.6. The third-order valence-electron chi connectivity index (χ3n) is 2.63. The van der Waals surface area contributed by atoms with Crippen molar-refractivity contribution >= 4 is 41.0 Å². The van der Waals surface area contributed by atoms with Gasteiger partial charge in [-0.05, 0) is 29.8 Å². The largest absolute Gasteiger partial charge is 0.490 e. The van der Waals surface area contributed by atoms with Crippen LogP contribution in [0.25, 0.3) is 0 Å². The number of hydrogen-bond donors (Lipinski definition) is 1. The Bertz CT molecular complexity index is 654. The molecule has 7 heteroatoms. The second-order valence-corrected chi connectivity index (χ2v) is 5.46. The standard InChI is InChI=1S/C15H12Cl3NO3/c16-11-7-13(17)15(14(18)8-11)22-5-4-21-12-3-1-2-10(6-12)9-19-20/h1-3,6-9,20H,4-5H2. The SMILES string of the molecule is ON=Cc1cccc(OCCOc2c(Cl)cc(Cl)cc2Cl)c1. The zero-order valence-electron chi connectivity index (χ0n) is 11.3. The van der Waals surface area contributed by atoms with E-state index in [1.54, 1.807) is 36.4 Å². The molecule has 0 radical (unpaired) electrons. The quantitative estimate of drug-likeness (QED) is 0.344. The molecule has 0 aliphatic carbocycles. The van der Waals surface area contributed by atoms with Gasteiger partial charge < -0.3 is 14.7 Å². The minimum atomic E-state index is 0.263. The van der Waals surface area contributed by atoms with Crippen LogP contribution in [0.4, 0.5) is 0 Å². The van der Waals surface area contributed by atoms with Crippen LogP contribution >= 0.6 is 34.8 Å². The fraction of sp³-hybridized carbons (Fsp3) is 0.133. The number of oxime groups is 1. The van der Waals surface area contributed by atoms with Gasteiger partial charge in [-0.3, -0.25) is 0 Å². The number of ether oxygens (including phenoxy) is 2. The van der Waals surface area contributed by atoms with Gasteiger partial charge in [0.15, 0.2) is 5.75 Å². The van der Waals surface area contributed by atoms with Crippen LogP contribution in [0.1, 0.15) is 5.56 Å². The lowest BCUT2D eigenvalue weighted by Gasteiger charge is -2.11. The van der Waals surface area contributed by atoms with Gasteiger partial charge in [-0.2, -0.15) is 0 Å². The van der Waals surface area contributed by atoms with Crippen molar-refractivity contribution in [2.75, 3.05) is 13.2 Å². The second-order valence-electron chi connectivity index (χ2n) is 4.21. The summed E-state index contributed by atoms with van der Waals surface area (Å²) in [5, 5.41) is 12.6. The molecule has 0 bridgehead atoms. The molecule has 0 saturated carbocycles. The predicted molar refractivity (Wildman–Crippen MR) is 88.3 cm³/mol. The number of nitrogens with zero attached hydrogens (tertiary/aromatic N) is 1. The first-order chi connectivity index (χ1) is 10.6. The first kappa shape index (κ1) is 16.7. The Morgan fingerprint density at radius 3 is 2.36 bits per heavy atom. The molecule has 0 amide bonds. The summed E-state index contributed by atoms with van der Waals surface area (Å²) in [6.07, 6.45) is 1.32. The van der Waals surface area contributed by atoms with E-state index in [4.69, 9.17) is 49.5 Å². The van der Waals surface area contributed by atoms with Crippen molar-refractivity contribution in [3.05, 3.63) is 57.0 Å². The maximum Gasteiger partial charge on any atom is 0.156 e. The summed E-state index contributed by atoms with van der Waals surface area (Å²) < 4.78 is 11.0. The molecule has 0 unspecified atom stereocenters. The molecule has 0 atom stereocenters. The number of benzene rings is 2. The van der Waals surface area contributed by atoms with Gasteiger partial charge >= 0.3 is 0 Å². The zero-order chi connectivity index (χ0) is 15.9. The Morgan fingerprint density at radius 2 is 1.68 bits per heavy atom. The van der Waals surface area contributed by atoms with Crippen LogP contribution in [0.3, 0.4) is 0 Å². The van der Waals surface area contributed by atoms with Crippen LogP contribution in [0, 0.1) is 0 Å². The van der Waals surface area contributed by atoms with Gasteiger partial charge in [0.1, 0.15) is 19.0 Å². The highest BCUT2D eigenvalue weighted by atomic mass is 35.5. The molecule has 0 saturated heterocycles. The number of halogens is 3. The molecule has 2 aromatic rings. The van der Waals surface area contributed by atoms with Crippen LogP contribution < -0.4 is 9.47 Å². The fourth-order valence-corrected chi connectivity index (χ4v) is 2.65. The van der Waals surface area contributed by atoms with E-state index in [1.165, 1.54) is 6.21 Å². The maximum absolute atomic E-state index is 8.50. The third kappa shape index (κ3) is 4.70. The van der Waals surface area contributed by atoms with Crippen molar-refractivity contribution in [3.8, 4) is 11.5 Å². The van der Waals surface area contributed by atoms with Crippen molar-refractivity contribution in [1.82, 2.24) is 0 Å². The molecule has 1 N–H and O–H groups in total. The Labute approximate surface area is 142 Å². The minimum absolute atomic E-state index is 0.263. The molecule has 0 heterocycles. The number of hydrogen-bond acceptors (Lipinski definition) is 4.